The van der Waals surface area contributed by atoms with E-state index in [0.717, 1.165) is 4.90 Å². The van der Waals surface area contributed by atoms with Gasteiger partial charge in [-0.1, -0.05) is 42.5 Å². The number of likely N-dealkylation sites (tertiary alicyclic amines) is 2. The molecule has 0 saturated carbocycles. The van der Waals surface area contributed by atoms with Crippen molar-refractivity contribution in [3.05, 3.63) is 119 Å². The maximum Gasteiger partial charge on any atom is 0.408 e. The first-order valence-electron chi connectivity index (χ1n) is 14.8. The Morgan fingerprint density at radius 1 is 0.957 bits per heavy atom. The normalized spacial score (nSPS) is 19.6. The molecule has 46 heavy (non-hydrogen) atoms. The van der Waals surface area contributed by atoms with E-state index in [4.69, 9.17) is 5.26 Å². The Bertz CT molecular complexity index is 1720. The molecule has 6 nitrogen and oxygen atoms in total. The van der Waals surface area contributed by atoms with Gasteiger partial charge in [-0.3, -0.25) is 9.69 Å². The third-order valence-electron chi connectivity index (χ3n) is 8.86. The summed E-state index contributed by atoms with van der Waals surface area (Å²) in [6, 6.07) is 19.0. The van der Waals surface area contributed by atoms with Gasteiger partial charge < -0.3 is 4.90 Å². The lowest BCUT2D eigenvalue weighted by Crippen LogP contribution is -2.43. The lowest BCUT2D eigenvalue weighted by molar-refractivity contribution is -0.189. The van der Waals surface area contributed by atoms with Crippen molar-refractivity contribution in [1.82, 2.24) is 19.6 Å². The molecule has 0 aliphatic carbocycles. The van der Waals surface area contributed by atoms with Crippen molar-refractivity contribution in [3.8, 4) is 11.8 Å². The van der Waals surface area contributed by atoms with Gasteiger partial charge >= 0.3 is 6.18 Å². The van der Waals surface area contributed by atoms with E-state index in [-0.39, 0.29) is 49.2 Å². The molecule has 2 unspecified atom stereocenters. The fraction of sp³-hybridized carbons (Fsp3) is 0.324. The van der Waals surface area contributed by atoms with Gasteiger partial charge in [0.05, 0.1) is 47.2 Å². The van der Waals surface area contributed by atoms with Crippen molar-refractivity contribution in [2.75, 3.05) is 26.2 Å². The highest BCUT2D eigenvalue weighted by Gasteiger charge is 2.51. The largest absolute Gasteiger partial charge is 0.408 e. The van der Waals surface area contributed by atoms with Crippen LogP contribution in [0.5, 0.6) is 0 Å². The van der Waals surface area contributed by atoms with Crippen LogP contribution in [0.4, 0.5) is 26.3 Å². The van der Waals surface area contributed by atoms with Gasteiger partial charge in [-0.05, 0) is 73.5 Å². The monoisotopic (exact) mass is 637 g/mol. The molecule has 2 aliphatic heterocycles. The number of nitriles is 1. The van der Waals surface area contributed by atoms with E-state index >= 15 is 8.78 Å². The number of alkyl halides is 5. The van der Waals surface area contributed by atoms with Gasteiger partial charge in [-0.15, -0.1) is 0 Å². The van der Waals surface area contributed by atoms with Crippen LogP contribution in [0.15, 0.2) is 85.1 Å². The molecule has 6 rings (SSSR count). The zero-order valence-corrected chi connectivity index (χ0v) is 24.5. The summed E-state index contributed by atoms with van der Waals surface area (Å²) in [5.74, 6) is -5.94. The average Bonchev–Trinajstić information content (AvgIpc) is 3.62. The SMILES string of the molecule is N#Cc1ccc(C(N2CCC(c3c(C(=O)N4CC(c5ccccc5)C(F)(F)C4)cnn3-c3ccc(F)cc3)CC2)C(F)(F)F)cc1. The standard InChI is InChI=1S/C34H29F6N5O/c35-26-10-12-27(13-11-26)45-30(24-14-16-43(17-15-24)31(34(38,39)40)25-8-6-22(18-41)7-9-25)28(19-42-45)32(46)44-20-29(33(36,37)21-44)23-4-2-1-3-5-23/h1-13,19,24,29,31H,14-17,20-21H2. The molecule has 0 N–H and O–H groups in total. The highest BCUT2D eigenvalue weighted by molar-refractivity contribution is 5.96. The molecule has 2 fully saturated rings. The third-order valence-corrected chi connectivity index (χ3v) is 8.86. The van der Waals surface area contributed by atoms with Crippen molar-refractivity contribution in [1.29, 1.82) is 5.26 Å². The summed E-state index contributed by atoms with van der Waals surface area (Å²) >= 11 is 0. The van der Waals surface area contributed by atoms with Gasteiger partial charge in [0.25, 0.3) is 11.8 Å². The molecule has 1 aromatic heterocycles. The number of carbonyl (C=O) groups is 1. The maximum absolute atomic E-state index is 15.2. The Kier molecular flexibility index (Phi) is 8.37. The van der Waals surface area contributed by atoms with E-state index in [1.165, 1.54) is 64.3 Å². The molecule has 1 amide bonds. The lowest BCUT2D eigenvalue weighted by atomic mass is 9.89. The summed E-state index contributed by atoms with van der Waals surface area (Å²) in [4.78, 5) is 16.3. The molecule has 0 radical (unpaired) electrons. The minimum atomic E-state index is -4.59. The van der Waals surface area contributed by atoms with Crippen LogP contribution in [0.1, 0.15) is 63.5 Å². The number of carbonyl (C=O) groups excluding carboxylic acids is 1. The van der Waals surface area contributed by atoms with Crippen molar-refractivity contribution in [3.63, 3.8) is 0 Å². The van der Waals surface area contributed by atoms with Crippen LogP contribution in [-0.2, 0) is 0 Å². The van der Waals surface area contributed by atoms with E-state index in [2.05, 4.69) is 5.10 Å². The highest BCUT2D eigenvalue weighted by Crippen LogP contribution is 2.44. The Labute approximate surface area is 261 Å². The fourth-order valence-corrected chi connectivity index (χ4v) is 6.62. The van der Waals surface area contributed by atoms with Gasteiger partial charge in [-0.2, -0.15) is 23.5 Å². The van der Waals surface area contributed by atoms with E-state index in [0.29, 0.717) is 16.9 Å². The molecule has 3 heterocycles. The fourth-order valence-electron chi connectivity index (χ4n) is 6.62. The first-order chi connectivity index (χ1) is 22.0. The molecule has 0 spiro atoms. The second-order valence-corrected chi connectivity index (χ2v) is 11.7. The number of benzene rings is 3. The molecule has 2 saturated heterocycles. The minimum absolute atomic E-state index is 0.0140. The first-order valence-corrected chi connectivity index (χ1v) is 14.8. The van der Waals surface area contributed by atoms with Crippen LogP contribution in [0, 0.1) is 17.1 Å². The zero-order valence-electron chi connectivity index (χ0n) is 24.5. The van der Waals surface area contributed by atoms with E-state index in [1.807, 2.05) is 6.07 Å². The molecule has 12 heteroatoms. The number of nitrogens with zero attached hydrogens (tertiary/aromatic N) is 5. The summed E-state index contributed by atoms with van der Waals surface area (Å²) in [7, 11) is 0. The number of rotatable bonds is 6. The summed E-state index contributed by atoms with van der Waals surface area (Å²) < 4.78 is 88.7. The summed E-state index contributed by atoms with van der Waals surface area (Å²) in [5, 5.41) is 13.5. The molecular formula is C34H29F6N5O. The van der Waals surface area contributed by atoms with Gasteiger partial charge in [0.15, 0.2) is 0 Å². The second-order valence-electron chi connectivity index (χ2n) is 11.7. The molecule has 2 atom stereocenters. The molecule has 0 bridgehead atoms. The summed E-state index contributed by atoms with van der Waals surface area (Å²) in [5.41, 5.74) is 1.59. The smallest absolute Gasteiger partial charge is 0.332 e. The lowest BCUT2D eigenvalue weighted by Gasteiger charge is -2.39. The number of aromatic nitrogens is 2. The molecule has 3 aromatic carbocycles. The molecule has 238 valence electrons. The predicted molar refractivity (Wildman–Crippen MR) is 157 cm³/mol. The van der Waals surface area contributed by atoms with Gasteiger partial charge in [0, 0.05) is 12.5 Å². The number of hydrogen-bond donors (Lipinski definition) is 0. The Hall–Kier alpha value is -4.63. The third kappa shape index (κ3) is 6.11. The number of piperidine rings is 1. The highest BCUT2D eigenvalue weighted by atomic mass is 19.4. The van der Waals surface area contributed by atoms with Crippen LogP contribution in [-0.4, -0.2) is 63.8 Å². The second kappa shape index (κ2) is 12.3. The van der Waals surface area contributed by atoms with Crippen molar-refractivity contribution >= 4 is 5.91 Å². The Morgan fingerprint density at radius 2 is 1.61 bits per heavy atom. The quantitative estimate of drug-likeness (QED) is 0.209. The predicted octanol–water partition coefficient (Wildman–Crippen LogP) is 7.24. The topological polar surface area (TPSA) is 65.2 Å². The summed E-state index contributed by atoms with van der Waals surface area (Å²) in [6.45, 7) is -0.958. The first kappa shape index (κ1) is 31.4. The van der Waals surface area contributed by atoms with E-state index < -0.39 is 48.2 Å². The Morgan fingerprint density at radius 3 is 2.22 bits per heavy atom. The number of amides is 1. The van der Waals surface area contributed by atoms with Crippen LogP contribution < -0.4 is 0 Å². The van der Waals surface area contributed by atoms with Crippen molar-refractivity contribution in [2.24, 2.45) is 0 Å². The van der Waals surface area contributed by atoms with Crippen molar-refractivity contribution < 1.29 is 31.1 Å². The van der Waals surface area contributed by atoms with E-state index in [1.54, 1.807) is 30.3 Å². The van der Waals surface area contributed by atoms with Gasteiger partial charge in [-0.25, -0.2) is 17.9 Å². The summed E-state index contributed by atoms with van der Waals surface area (Å²) in [6.07, 6.45) is -2.84. The molecule has 4 aromatic rings. The zero-order chi connectivity index (χ0) is 32.6. The van der Waals surface area contributed by atoms with Crippen LogP contribution in [0.3, 0.4) is 0 Å². The van der Waals surface area contributed by atoms with E-state index in [9.17, 15) is 22.4 Å². The Balaban J connectivity index is 1.30. The van der Waals surface area contributed by atoms with Crippen LogP contribution in [0.25, 0.3) is 5.69 Å². The van der Waals surface area contributed by atoms with Crippen molar-refractivity contribution in [2.45, 2.75) is 42.8 Å². The van der Waals surface area contributed by atoms with Crippen LogP contribution in [0.2, 0.25) is 0 Å². The minimum Gasteiger partial charge on any atom is -0.332 e. The number of hydrogen-bond acceptors (Lipinski definition) is 4. The number of halogens is 6. The average molecular weight is 638 g/mol. The maximum atomic E-state index is 15.2. The van der Waals surface area contributed by atoms with Gasteiger partial charge in [0.1, 0.15) is 11.9 Å². The molecular weight excluding hydrogens is 608 g/mol. The van der Waals surface area contributed by atoms with Gasteiger partial charge in [0.2, 0.25) is 0 Å². The van der Waals surface area contributed by atoms with Crippen LogP contribution >= 0.6 is 0 Å². The molecule has 2 aliphatic rings.